The third kappa shape index (κ3) is 4.52. The van der Waals surface area contributed by atoms with E-state index in [-0.39, 0.29) is 0 Å². The minimum absolute atomic E-state index is 0.512. The highest BCUT2D eigenvalue weighted by atomic mass is 16.5. The minimum atomic E-state index is 0.512. The van der Waals surface area contributed by atoms with Crippen LogP contribution in [0, 0.1) is 0 Å². The lowest BCUT2D eigenvalue weighted by Crippen LogP contribution is -2.54. The van der Waals surface area contributed by atoms with Gasteiger partial charge in [0.05, 0.1) is 13.2 Å². The average Bonchev–Trinajstić information content (AvgIpc) is 2.33. The van der Waals surface area contributed by atoms with E-state index in [1.165, 1.54) is 0 Å². The van der Waals surface area contributed by atoms with Gasteiger partial charge in [-0.1, -0.05) is 0 Å². The maximum atomic E-state index is 5.48. The van der Waals surface area contributed by atoms with Crippen molar-refractivity contribution in [2.24, 2.45) is 0 Å². The molecule has 0 aliphatic carbocycles. The van der Waals surface area contributed by atoms with Crippen LogP contribution in [0.3, 0.4) is 0 Å². The largest absolute Gasteiger partial charge is 0.379 e. The van der Waals surface area contributed by atoms with Gasteiger partial charge < -0.3 is 15.0 Å². The number of rotatable bonds is 4. The van der Waals surface area contributed by atoms with Gasteiger partial charge in [0.15, 0.2) is 0 Å². The molecular weight excluding hydrogens is 216 g/mol. The molecule has 2 fully saturated rings. The minimum Gasteiger partial charge on any atom is -0.379 e. The van der Waals surface area contributed by atoms with Crippen molar-refractivity contribution in [3.63, 3.8) is 0 Å². The van der Waals surface area contributed by atoms with Crippen molar-refractivity contribution < 1.29 is 4.74 Å². The van der Waals surface area contributed by atoms with Crippen LogP contribution in [0.1, 0.15) is 13.3 Å². The first-order chi connectivity index (χ1) is 8.24. The SMILES string of the molecule is CC(CC1COCCN1)NN1CCN(C)CC1. The Kier molecular flexibility index (Phi) is 5.18. The smallest absolute Gasteiger partial charge is 0.0620 e. The summed E-state index contributed by atoms with van der Waals surface area (Å²) in [5.41, 5.74) is 3.60. The maximum Gasteiger partial charge on any atom is 0.0620 e. The van der Waals surface area contributed by atoms with E-state index >= 15 is 0 Å². The Morgan fingerprint density at radius 3 is 2.76 bits per heavy atom. The van der Waals surface area contributed by atoms with Gasteiger partial charge in [-0.15, -0.1) is 0 Å². The quantitative estimate of drug-likeness (QED) is 0.696. The summed E-state index contributed by atoms with van der Waals surface area (Å²) >= 11 is 0. The van der Waals surface area contributed by atoms with E-state index in [9.17, 15) is 0 Å². The summed E-state index contributed by atoms with van der Waals surface area (Å²) in [5.74, 6) is 0. The van der Waals surface area contributed by atoms with Gasteiger partial charge in [-0.25, -0.2) is 5.01 Å². The fourth-order valence-corrected chi connectivity index (χ4v) is 2.50. The van der Waals surface area contributed by atoms with Gasteiger partial charge in [0.1, 0.15) is 0 Å². The number of piperazine rings is 1. The van der Waals surface area contributed by atoms with Crippen LogP contribution in [0.2, 0.25) is 0 Å². The first kappa shape index (κ1) is 13.2. The van der Waals surface area contributed by atoms with Crippen molar-refractivity contribution in [2.75, 3.05) is 53.0 Å². The van der Waals surface area contributed by atoms with E-state index in [1.807, 2.05) is 0 Å². The second kappa shape index (κ2) is 6.66. The first-order valence-corrected chi connectivity index (χ1v) is 6.75. The third-order valence-corrected chi connectivity index (χ3v) is 3.54. The Balaban J connectivity index is 1.64. The van der Waals surface area contributed by atoms with Crippen molar-refractivity contribution in [3.8, 4) is 0 Å². The summed E-state index contributed by atoms with van der Waals surface area (Å²) < 4.78 is 5.48. The molecule has 2 aliphatic rings. The van der Waals surface area contributed by atoms with Crippen molar-refractivity contribution in [1.29, 1.82) is 0 Å². The van der Waals surface area contributed by atoms with Crippen molar-refractivity contribution >= 4 is 0 Å². The first-order valence-electron chi connectivity index (χ1n) is 6.75. The molecule has 5 heteroatoms. The second-order valence-electron chi connectivity index (χ2n) is 5.28. The summed E-state index contributed by atoms with van der Waals surface area (Å²) in [6.07, 6.45) is 1.13. The normalized spacial score (nSPS) is 30.4. The molecule has 0 saturated carbocycles. The Labute approximate surface area is 104 Å². The standard InChI is InChI=1S/C12H26N4O/c1-11(9-12-10-17-8-3-13-12)14-16-6-4-15(2)5-7-16/h11-14H,3-10H2,1-2H3. The molecule has 0 spiro atoms. The van der Waals surface area contributed by atoms with Gasteiger partial charge in [0.2, 0.25) is 0 Å². The van der Waals surface area contributed by atoms with Gasteiger partial charge in [-0.05, 0) is 20.4 Å². The fraction of sp³-hybridized carbons (Fsp3) is 1.00. The Bertz CT molecular complexity index is 213. The summed E-state index contributed by atoms with van der Waals surface area (Å²) in [5, 5.41) is 5.86. The van der Waals surface area contributed by atoms with Crippen LogP contribution >= 0.6 is 0 Å². The number of morpholine rings is 1. The van der Waals surface area contributed by atoms with Crippen molar-refractivity contribution in [2.45, 2.75) is 25.4 Å². The molecule has 2 saturated heterocycles. The number of likely N-dealkylation sites (N-methyl/N-ethyl adjacent to an activating group) is 1. The highest BCUT2D eigenvalue weighted by Crippen LogP contribution is 2.04. The fourth-order valence-electron chi connectivity index (χ4n) is 2.50. The van der Waals surface area contributed by atoms with Gasteiger partial charge in [-0.2, -0.15) is 0 Å². The van der Waals surface area contributed by atoms with Gasteiger partial charge in [0.25, 0.3) is 0 Å². The molecule has 2 N–H and O–H groups in total. The zero-order chi connectivity index (χ0) is 12.1. The zero-order valence-corrected chi connectivity index (χ0v) is 11.1. The Hall–Kier alpha value is -0.200. The highest BCUT2D eigenvalue weighted by Gasteiger charge is 2.19. The predicted octanol–water partition coefficient (Wildman–Crippen LogP) is -0.495. The third-order valence-electron chi connectivity index (χ3n) is 3.54. The molecule has 2 aliphatic heterocycles. The number of nitrogens with zero attached hydrogens (tertiary/aromatic N) is 2. The molecule has 2 atom stereocenters. The number of hydrogen-bond donors (Lipinski definition) is 2. The van der Waals surface area contributed by atoms with Crippen LogP contribution in [-0.2, 0) is 4.74 Å². The molecule has 2 unspecified atom stereocenters. The van der Waals surface area contributed by atoms with Gasteiger partial charge in [-0.3, -0.25) is 5.43 Å². The second-order valence-corrected chi connectivity index (χ2v) is 5.28. The van der Waals surface area contributed by atoms with Crippen LogP contribution in [0.4, 0.5) is 0 Å². The van der Waals surface area contributed by atoms with E-state index in [0.29, 0.717) is 12.1 Å². The topological polar surface area (TPSA) is 39.8 Å². The molecule has 0 aromatic heterocycles. The highest BCUT2D eigenvalue weighted by molar-refractivity contribution is 4.76. The van der Waals surface area contributed by atoms with E-state index < -0.39 is 0 Å². The number of nitrogens with one attached hydrogen (secondary N) is 2. The van der Waals surface area contributed by atoms with Crippen LogP contribution in [-0.4, -0.2) is 75.0 Å². The summed E-state index contributed by atoms with van der Waals surface area (Å²) in [6, 6.07) is 1.02. The number of hydrogen-bond acceptors (Lipinski definition) is 5. The zero-order valence-electron chi connectivity index (χ0n) is 11.1. The van der Waals surface area contributed by atoms with Crippen LogP contribution in [0.15, 0.2) is 0 Å². The molecule has 100 valence electrons. The van der Waals surface area contributed by atoms with Crippen LogP contribution in [0.25, 0.3) is 0 Å². The number of ether oxygens (including phenoxy) is 1. The lowest BCUT2D eigenvalue weighted by Gasteiger charge is -2.35. The lowest BCUT2D eigenvalue weighted by molar-refractivity contribution is 0.0559. The average molecular weight is 242 g/mol. The molecule has 0 aromatic carbocycles. The summed E-state index contributed by atoms with van der Waals surface area (Å²) in [4.78, 5) is 2.37. The van der Waals surface area contributed by atoms with E-state index in [2.05, 4.69) is 34.6 Å². The molecule has 0 radical (unpaired) electrons. The monoisotopic (exact) mass is 242 g/mol. The van der Waals surface area contributed by atoms with Crippen LogP contribution < -0.4 is 10.7 Å². The molecule has 2 heterocycles. The molecular formula is C12H26N4O. The molecule has 17 heavy (non-hydrogen) atoms. The molecule has 0 bridgehead atoms. The number of hydrazine groups is 1. The molecule has 2 rings (SSSR count). The van der Waals surface area contributed by atoms with E-state index in [1.54, 1.807) is 0 Å². The maximum absolute atomic E-state index is 5.48. The van der Waals surface area contributed by atoms with E-state index in [4.69, 9.17) is 4.74 Å². The van der Waals surface area contributed by atoms with Crippen molar-refractivity contribution in [1.82, 2.24) is 20.7 Å². The lowest BCUT2D eigenvalue weighted by atomic mass is 10.1. The summed E-state index contributed by atoms with van der Waals surface area (Å²) in [7, 11) is 2.18. The van der Waals surface area contributed by atoms with Crippen molar-refractivity contribution in [3.05, 3.63) is 0 Å². The van der Waals surface area contributed by atoms with Crippen LogP contribution in [0.5, 0.6) is 0 Å². The Morgan fingerprint density at radius 1 is 1.35 bits per heavy atom. The molecule has 0 amide bonds. The molecule has 0 aromatic rings. The van der Waals surface area contributed by atoms with Gasteiger partial charge in [0, 0.05) is 44.8 Å². The Morgan fingerprint density at radius 2 is 2.12 bits per heavy atom. The van der Waals surface area contributed by atoms with Gasteiger partial charge >= 0.3 is 0 Å². The van der Waals surface area contributed by atoms with E-state index in [0.717, 1.165) is 52.4 Å². The predicted molar refractivity (Wildman–Crippen MR) is 68.9 cm³/mol. The summed E-state index contributed by atoms with van der Waals surface area (Å²) in [6.45, 7) is 9.52. The molecule has 5 nitrogen and oxygen atoms in total.